The van der Waals surface area contributed by atoms with Gasteiger partial charge in [-0.1, -0.05) is 6.42 Å². The van der Waals surface area contributed by atoms with E-state index < -0.39 is 0 Å². The molecule has 0 bridgehead atoms. The molecule has 0 spiro atoms. The van der Waals surface area contributed by atoms with E-state index in [1.54, 1.807) is 7.11 Å². The smallest absolute Gasteiger partial charge is 0.126 e. The predicted octanol–water partition coefficient (Wildman–Crippen LogP) is 2.17. The van der Waals surface area contributed by atoms with Gasteiger partial charge in [-0.2, -0.15) is 0 Å². The van der Waals surface area contributed by atoms with Crippen molar-refractivity contribution >= 4 is 6.29 Å². The lowest BCUT2D eigenvalue weighted by atomic mass is 9.62. The second-order valence-electron chi connectivity index (χ2n) is 4.73. The van der Waals surface area contributed by atoms with E-state index in [1.165, 1.54) is 25.5 Å². The van der Waals surface area contributed by atoms with E-state index in [4.69, 9.17) is 4.74 Å². The molecule has 2 heteroatoms. The Bertz CT molecular complexity index is 190. The van der Waals surface area contributed by atoms with Crippen LogP contribution in [0.3, 0.4) is 0 Å². The average Bonchev–Trinajstić information content (AvgIpc) is 2.00. The van der Waals surface area contributed by atoms with E-state index in [1.807, 2.05) is 0 Å². The van der Waals surface area contributed by atoms with Crippen LogP contribution in [0.1, 0.15) is 38.5 Å². The Morgan fingerprint density at radius 1 is 1.46 bits per heavy atom. The zero-order valence-corrected chi connectivity index (χ0v) is 8.29. The molecule has 74 valence electrons. The van der Waals surface area contributed by atoms with Crippen LogP contribution in [0.4, 0.5) is 0 Å². The molecule has 0 aromatic heterocycles. The van der Waals surface area contributed by atoms with Crippen molar-refractivity contribution in [1.82, 2.24) is 0 Å². The zero-order chi connectivity index (χ0) is 9.31. The maximum Gasteiger partial charge on any atom is 0.126 e. The topological polar surface area (TPSA) is 26.3 Å². The third kappa shape index (κ3) is 1.64. The van der Waals surface area contributed by atoms with Gasteiger partial charge in [-0.15, -0.1) is 0 Å². The number of methoxy groups -OCH3 is 1. The number of ether oxygens (including phenoxy) is 1. The second-order valence-corrected chi connectivity index (χ2v) is 4.73. The minimum Gasteiger partial charge on any atom is -0.381 e. The maximum absolute atomic E-state index is 10.9. The van der Waals surface area contributed by atoms with Gasteiger partial charge in [-0.25, -0.2) is 0 Å². The average molecular weight is 182 g/mol. The Labute approximate surface area is 79.7 Å². The zero-order valence-electron chi connectivity index (χ0n) is 8.29. The van der Waals surface area contributed by atoms with Crippen LogP contribution in [-0.4, -0.2) is 19.5 Å². The van der Waals surface area contributed by atoms with Crippen molar-refractivity contribution in [2.24, 2.45) is 11.3 Å². The first-order valence-electron chi connectivity index (χ1n) is 5.27. The Balaban J connectivity index is 1.76. The predicted molar refractivity (Wildman–Crippen MR) is 50.5 cm³/mol. The summed E-state index contributed by atoms with van der Waals surface area (Å²) >= 11 is 0. The Morgan fingerprint density at radius 3 is 2.54 bits per heavy atom. The van der Waals surface area contributed by atoms with Gasteiger partial charge in [0.15, 0.2) is 0 Å². The van der Waals surface area contributed by atoms with Crippen molar-refractivity contribution in [3.05, 3.63) is 0 Å². The number of carbonyl (C=O) groups excluding carboxylic acids is 1. The van der Waals surface area contributed by atoms with Crippen LogP contribution in [0.2, 0.25) is 0 Å². The summed E-state index contributed by atoms with van der Waals surface area (Å²) in [6.45, 7) is 0. The highest BCUT2D eigenvalue weighted by molar-refractivity contribution is 5.60. The highest BCUT2D eigenvalue weighted by Crippen LogP contribution is 2.48. The third-order valence-electron chi connectivity index (χ3n) is 3.82. The number of hydrogen-bond acceptors (Lipinski definition) is 2. The fraction of sp³-hybridized carbons (Fsp3) is 0.909. The Hall–Kier alpha value is -0.370. The van der Waals surface area contributed by atoms with Crippen LogP contribution < -0.4 is 0 Å². The molecule has 2 aliphatic rings. The van der Waals surface area contributed by atoms with Gasteiger partial charge >= 0.3 is 0 Å². The summed E-state index contributed by atoms with van der Waals surface area (Å²) in [5.74, 6) is 0.760. The molecule has 2 saturated carbocycles. The number of rotatable bonds is 4. The van der Waals surface area contributed by atoms with Gasteiger partial charge in [-0.05, 0) is 38.0 Å². The highest BCUT2D eigenvalue weighted by Gasteiger charge is 2.42. The standard InChI is InChI=1S/C11H18O2/c1-13-10-5-9(6-10)7-11(8-12)3-2-4-11/h8-10H,2-7H2,1H3. The van der Waals surface area contributed by atoms with E-state index in [0.29, 0.717) is 6.10 Å². The molecule has 0 aromatic carbocycles. The summed E-state index contributed by atoms with van der Waals surface area (Å²) in [5.41, 5.74) is 0.0867. The van der Waals surface area contributed by atoms with E-state index in [0.717, 1.165) is 25.2 Å². The van der Waals surface area contributed by atoms with E-state index in [2.05, 4.69) is 0 Å². The summed E-state index contributed by atoms with van der Waals surface area (Å²) in [4.78, 5) is 10.9. The first-order chi connectivity index (χ1) is 6.28. The van der Waals surface area contributed by atoms with Crippen LogP contribution in [0.15, 0.2) is 0 Å². The summed E-state index contributed by atoms with van der Waals surface area (Å²) in [6.07, 6.45) is 8.66. The first kappa shape index (κ1) is 9.20. The van der Waals surface area contributed by atoms with Crippen LogP contribution in [0, 0.1) is 11.3 Å². The molecule has 2 fully saturated rings. The van der Waals surface area contributed by atoms with Gasteiger partial charge in [-0.3, -0.25) is 0 Å². The SMILES string of the molecule is COC1CC(CC2(C=O)CCC2)C1. The normalized spacial score (nSPS) is 36.1. The van der Waals surface area contributed by atoms with Gasteiger partial charge in [0, 0.05) is 12.5 Å². The van der Waals surface area contributed by atoms with E-state index in [-0.39, 0.29) is 5.41 Å². The molecule has 2 aliphatic carbocycles. The molecule has 0 aliphatic heterocycles. The summed E-state index contributed by atoms with van der Waals surface area (Å²) < 4.78 is 5.23. The Kier molecular flexibility index (Phi) is 2.41. The number of aldehydes is 1. The first-order valence-corrected chi connectivity index (χ1v) is 5.27. The fourth-order valence-corrected chi connectivity index (χ4v) is 2.61. The lowest BCUT2D eigenvalue weighted by Gasteiger charge is -2.44. The third-order valence-corrected chi connectivity index (χ3v) is 3.82. The second kappa shape index (κ2) is 3.41. The highest BCUT2D eigenvalue weighted by atomic mass is 16.5. The molecular formula is C11H18O2. The maximum atomic E-state index is 10.9. The molecule has 0 atom stereocenters. The summed E-state index contributed by atoms with van der Waals surface area (Å²) in [6, 6.07) is 0. The molecule has 13 heavy (non-hydrogen) atoms. The minimum atomic E-state index is 0.0867. The molecule has 0 N–H and O–H groups in total. The molecule has 2 nitrogen and oxygen atoms in total. The van der Waals surface area contributed by atoms with Gasteiger partial charge in [0.2, 0.25) is 0 Å². The molecule has 0 unspecified atom stereocenters. The van der Waals surface area contributed by atoms with E-state index in [9.17, 15) is 4.79 Å². The monoisotopic (exact) mass is 182 g/mol. The molecule has 0 amide bonds. The molecule has 0 radical (unpaired) electrons. The van der Waals surface area contributed by atoms with Gasteiger partial charge in [0.25, 0.3) is 0 Å². The van der Waals surface area contributed by atoms with Crippen LogP contribution in [0.5, 0.6) is 0 Å². The molecule has 2 rings (SSSR count). The molecule has 0 heterocycles. The van der Waals surface area contributed by atoms with Crippen molar-refractivity contribution < 1.29 is 9.53 Å². The molecular weight excluding hydrogens is 164 g/mol. The van der Waals surface area contributed by atoms with Crippen molar-refractivity contribution in [2.45, 2.75) is 44.6 Å². The quantitative estimate of drug-likeness (QED) is 0.623. The van der Waals surface area contributed by atoms with Crippen molar-refractivity contribution in [2.75, 3.05) is 7.11 Å². The minimum absolute atomic E-state index is 0.0867. The van der Waals surface area contributed by atoms with Crippen LogP contribution >= 0.6 is 0 Å². The van der Waals surface area contributed by atoms with Crippen molar-refractivity contribution in [3.63, 3.8) is 0 Å². The number of hydrogen-bond donors (Lipinski definition) is 0. The lowest BCUT2D eigenvalue weighted by molar-refractivity contribution is -0.124. The molecule has 0 saturated heterocycles. The Morgan fingerprint density at radius 2 is 2.15 bits per heavy atom. The summed E-state index contributed by atoms with van der Waals surface area (Å²) in [7, 11) is 1.78. The van der Waals surface area contributed by atoms with Gasteiger partial charge < -0.3 is 9.53 Å². The van der Waals surface area contributed by atoms with E-state index >= 15 is 0 Å². The van der Waals surface area contributed by atoms with Crippen LogP contribution in [0.25, 0.3) is 0 Å². The lowest BCUT2D eigenvalue weighted by Crippen LogP contribution is -2.39. The van der Waals surface area contributed by atoms with Crippen molar-refractivity contribution in [1.29, 1.82) is 0 Å². The van der Waals surface area contributed by atoms with Crippen molar-refractivity contribution in [3.8, 4) is 0 Å². The molecule has 0 aromatic rings. The van der Waals surface area contributed by atoms with Crippen LogP contribution in [-0.2, 0) is 9.53 Å². The van der Waals surface area contributed by atoms with Gasteiger partial charge in [0.1, 0.15) is 6.29 Å². The summed E-state index contributed by atoms with van der Waals surface area (Å²) in [5, 5.41) is 0. The largest absolute Gasteiger partial charge is 0.381 e. The van der Waals surface area contributed by atoms with Gasteiger partial charge in [0.05, 0.1) is 6.10 Å². The fourth-order valence-electron chi connectivity index (χ4n) is 2.61. The number of carbonyl (C=O) groups is 1.